The maximum Gasteiger partial charge on any atom is 0.256 e. The van der Waals surface area contributed by atoms with Crippen LogP contribution in [-0.4, -0.2) is 39.6 Å². The van der Waals surface area contributed by atoms with Gasteiger partial charge >= 0.3 is 0 Å². The minimum absolute atomic E-state index is 0.121. The molecule has 1 amide bonds. The summed E-state index contributed by atoms with van der Waals surface area (Å²) in [5.74, 6) is 0.0668. The van der Waals surface area contributed by atoms with E-state index in [2.05, 4.69) is 0 Å². The second-order valence-electron chi connectivity index (χ2n) is 3.84. The number of hydrogen-bond acceptors (Lipinski definition) is 3. The van der Waals surface area contributed by atoms with Gasteiger partial charge in [0.05, 0.1) is 11.3 Å². The van der Waals surface area contributed by atoms with Gasteiger partial charge in [0, 0.05) is 35.4 Å². The highest BCUT2D eigenvalue weighted by Gasteiger charge is 2.23. The van der Waals surface area contributed by atoms with Gasteiger partial charge in [0.25, 0.3) is 5.91 Å². The van der Waals surface area contributed by atoms with Crippen molar-refractivity contribution in [1.29, 1.82) is 0 Å². The first-order chi connectivity index (χ1) is 8.09. The minimum atomic E-state index is -0.843. The lowest BCUT2D eigenvalue weighted by atomic mass is 10.1. The van der Waals surface area contributed by atoms with Gasteiger partial charge < -0.3 is 10.6 Å². The fourth-order valence-corrected chi connectivity index (χ4v) is 2.79. The van der Waals surface area contributed by atoms with Crippen molar-refractivity contribution in [1.82, 2.24) is 4.90 Å². The van der Waals surface area contributed by atoms with E-state index in [-0.39, 0.29) is 17.2 Å². The fraction of sp³-hybridized carbons (Fsp3) is 0.364. The first kappa shape index (κ1) is 12.0. The third-order valence-electron chi connectivity index (χ3n) is 2.75. The zero-order valence-corrected chi connectivity index (χ0v) is 10.0. The van der Waals surface area contributed by atoms with Crippen LogP contribution >= 0.6 is 0 Å². The number of para-hydroxylation sites is 1. The molecule has 2 rings (SSSR count). The number of nitrogen functional groups attached to an aromatic ring is 1. The molecule has 1 saturated heterocycles. The topological polar surface area (TPSA) is 63.4 Å². The largest absolute Gasteiger partial charge is 0.396 e. The molecule has 0 unspecified atom stereocenters. The molecular weight excluding hydrogens is 243 g/mol. The van der Waals surface area contributed by atoms with Crippen LogP contribution in [0.25, 0.3) is 0 Å². The summed E-state index contributed by atoms with van der Waals surface area (Å²) in [5.41, 5.74) is 5.59. The number of halogens is 1. The van der Waals surface area contributed by atoms with Crippen LogP contribution in [0.5, 0.6) is 0 Å². The Morgan fingerprint density at radius 3 is 2.65 bits per heavy atom. The lowest BCUT2D eigenvalue weighted by Gasteiger charge is -2.26. The van der Waals surface area contributed by atoms with Crippen LogP contribution < -0.4 is 5.73 Å². The number of carbonyl (C=O) groups is 1. The van der Waals surface area contributed by atoms with E-state index in [1.54, 1.807) is 4.90 Å². The third kappa shape index (κ3) is 2.46. The first-order valence-electron chi connectivity index (χ1n) is 5.28. The maximum atomic E-state index is 13.2. The van der Waals surface area contributed by atoms with Gasteiger partial charge in [-0.05, 0) is 12.1 Å². The van der Waals surface area contributed by atoms with Crippen LogP contribution in [0.4, 0.5) is 10.1 Å². The number of amides is 1. The van der Waals surface area contributed by atoms with E-state index in [1.165, 1.54) is 18.2 Å². The highest BCUT2D eigenvalue weighted by atomic mass is 32.2. The number of rotatable bonds is 1. The summed E-state index contributed by atoms with van der Waals surface area (Å²) in [6.07, 6.45) is 0. The highest BCUT2D eigenvalue weighted by Crippen LogP contribution is 2.18. The van der Waals surface area contributed by atoms with Gasteiger partial charge in [-0.25, -0.2) is 4.39 Å². The third-order valence-corrected chi connectivity index (χ3v) is 4.02. The van der Waals surface area contributed by atoms with E-state index in [0.717, 1.165) is 0 Å². The maximum absolute atomic E-state index is 13.2. The molecule has 92 valence electrons. The summed E-state index contributed by atoms with van der Waals surface area (Å²) in [5, 5.41) is 0. The van der Waals surface area contributed by atoms with Crippen molar-refractivity contribution in [2.24, 2.45) is 0 Å². The molecule has 1 aliphatic heterocycles. The molecule has 1 aromatic rings. The summed E-state index contributed by atoms with van der Waals surface area (Å²) in [7, 11) is -0.843. The molecule has 0 atom stereocenters. The Bertz CT molecular complexity index is 469. The predicted molar refractivity (Wildman–Crippen MR) is 64.6 cm³/mol. The zero-order chi connectivity index (χ0) is 12.4. The second kappa shape index (κ2) is 4.83. The Hall–Kier alpha value is -1.43. The van der Waals surface area contributed by atoms with E-state index >= 15 is 0 Å². The van der Waals surface area contributed by atoms with Crippen LogP contribution in [0.2, 0.25) is 0 Å². The van der Waals surface area contributed by atoms with Gasteiger partial charge in [-0.1, -0.05) is 6.07 Å². The number of anilines is 1. The molecule has 0 saturated carbocycles. The van der Waals surface area contributed by atoms with E-state index in [9.17, 15) is 13.4 Å². The average Bonchev–Trinajstić information content (AvgIpc) is 2.33. The average molecular weight is 256 g/mol. The Morgan fingerprint density at radius 1 is 1.35 bits per heavy atom. The predicted octanol–water partition coefficient (Wildman–Crippen LogP) is 0.612. The van der Waals surface area contributed by atoms with Crippen LogP contribution in [-0.2, 0) is 10.8 Å². The zero-order valence-electron chi connectivity index (χ0n) is 9.19. The lowest BCUT2D eigenvalue weighted by molar-refractivity contribution is 0.0772. The Balaban J connectivity index is 2.20. The normalized spacial score (nSPS) is 17.1. The molecule has 1 aliphatic rings. The van der Waals surface area contributed by atoms with Crippen molar-refractivity contribution in [3.63, 3.8) is 0 Å². The van der Waals surface area contributed by atoms with Gasteiger partial charge in [0.15, 0.2) is 0 Å². The summed E-state index contributed by atoms with van der Waals surface area (Å²) in [6, 6.07) is 4.19. The monoisotopic (exact) mass is 256 g/mol. The van der Waals surface area contributed by atoms with Crippen molar-refractivity contribution in [2.75, 3.05) is 30.3 Å². The number of hydrogen-bond donors (Lipinski definition) is 1. The van der Waals surface area contributed by atoms with Crippen LogP contribution in [0, 0.1) is 5.82 Å². The molecule has 2 N–H and O–H groups in total. The van der Waals surface area contributed by atoms with E-state index in [0.29, 0.717) is 24.6 Å². The summed E-state index contributed by atoms with van der Waals surface area (Å²) in [4.78, 5) is 13.6. The molecule has 1 heterocycles. The molecule has 0 radical (unpaired) electrons. The van der Waals surface area contributed by atoms with Crippen LogP contribution in [0.1, 0.15) is 10.4 Å². The van der Waals surface area contributed by atoms with Gasteiger partial charge in [0.1, 0.15) is 5.82 Å². The Labute approximate surface area is 101 Å². The lowest BCUT2D eigenvalue weighted by Crippen LogP contribution is -2.42. The number of nitrogens with zero attached hydrogens (tertiary/aromatic N) is 1. The molecule has 0 bridgehead atoms. The van der Waals surface area contributed by atoms with Gasteiger partial charge in [0.2, 0.25) is 0 Å². The number of benzene rings is 1. The highest BCUT2D eigenvalue weighted by molar-refractivity contribution is 7.85. The molecule has 6 heteroatoms. The van der Waals surface area contributed by atoms with Gasteiger partial charge in [-0.3, -0.25) is 9.00 Å². The van der Waals surface area contributed by atoms with Crippen molar-refractivity contribution < 1.29 is 13.4 Å². The summed E-state index contributed by atoms with van der Waals surface area (Å²) in [6.45, 7) is 0.864. The molecule has 17 heavy (non-hydrogen) atoms. The molecule has 4 nitrogen and oxygen atoms in total. The smallest absolute Gasteiger partial charge is 0.256 e. The second-order valence-corrected chi connectivity index (χ2v) is 5.54. The van der Waals surface area contributed by atoms with E-state index < -0.39 is 16.6 Å². The standard InChI is InChI=1S/C11H13FN2O2S/c12-9-3-1-2-8(10(9)13)11(15)14-4-6-17(16)7-5-14/h1-3H,4-7,13H2. The number of carbonyl (C=O) groups excluding carboxylic acids is 1. The summed E-state index contributed by atoms with van der Waals surface area (Å²) >= 11 is 0. The molecule has 1 fully saturated rings. The molecule has 0 aromatic heterocycles. The summed E-state index contributed by atoms with van der Waals surface area (Å²) < 4.78 is 24.4. The van der Waals surface area contributed by atoms with Crippen molar-refractivity contribution in [3.8, 4) is 0 Å². The van der Waals surface area contributed by atoms with Crippen LogP contribution in [0.3, 0.4) is 0 Å². The Kier molecular flexibility index (Phi) is 3.42. The minimum Gasteiger partial charge on any atom is -0.396 e. The molecular formula is C11H13FN2O2S. The van der Waals surface area contributed by atoms with Crippen molar-refractivity contribution in [3.05, 3.63) is 29.6 Å². The quantitative estimate of drug-likeness (QED) is 0.749. The van der Waals surface area contributed by atoms with E-state index in [4.69, 9.17) is 5.73 Å². The molecule has 0 spiro atoms. The first-order valence-corrected chi connectivity index (χ1v) is 6.76. The SMILES string of the molecule is Nc1c(F)cccc1C(=O)N1CCS(=O)CC1. The molecule has 0 aliphatic carbocycles. The van der Waals surface area contributed by atoms with Crippen LogP contribution in [0.15, 0.2) is 18.2 Å². The van der Waals surface area contributed by atoms with E-state index in [1.807, 2.05) is 0 Å². The van der Waals surface area contributed by atoms with Gasteiger partial charge in [-0.2, -0.15) is 0 Å². The Morgan fingerprint density at radius 2 is 2.00 bits per heavy atom. The van der Waals surface area contributed by atoms with Crippen molar-refractivity contribution in [2.45, 2.75) is 0 Å². The van der Waals surface area contributed by atoms with Crippen molar-refractivity contribution >= 4 is 22.4 Å². The fourth-order valence-electron chi connectivity index (χ4n) is 1.73. The number of nitrogens with two attached hydrogens (primary N) is 1. The molecule has 1 aromatic carbocycles. The van der Waals surface area contributed by atoms with Gasteiger partial charge in [-0.15, -0.1) is 0 Å².